The van der Waals surface area contributed by atoms with Crippen molar-refractivity contribution in [1.29, 1.82) is 0 Å². The molecule has 2 aromatic carbocycles. The zero-order valence-corrected chi connectivity index (χ0v) is 14.5. The number of halogens is 3. The quantitative estimate of drug-likeness (QED) is 0.844. The Balaban J connectivity index is 1.65. The highest BCUT2D eigenvalue weighted by Gasteiger charge is 2.17. The molecule has 24 heavy (non-hydrogen) atoms. The van der Waals surface area contributed by atoms with E-state index in [0.29, 0.717) is 35.0 Å². The summed E-state index contributed by atoms with van der Waals surface area (Å²) in [6.45, 7) is 1.41. The number of rotatable bonds is 4. The van der Waals surface area contributed by atoms with Gasteiger partial charge in [0.15, 0.2) is 0 Å². The number of anilines is 1. The highest BCUT2D eigenvalue weighted by molar-refractivity contribution is 6.35. The lowest BCUT2D eigenvalue weighted by molar-refractivity contribution is -0.116. The Labute approximate surface area is 150 Å². The maximum atomic E-state index is 14.5. The third-order valence-corrected chi connectivity index (χ3v) is 4.70. The summed E-state index contributed by atoms with van der Waals surface area (Å²) in [5.41, 5.74) is 2.72. The number of benzene rings is 2. The fourth-order valence-electron chi connectivity index (χ4n) is 2.82. The number of aryl methyl sites for hydroxylation is 1. The predicted octanol–water partition coefficient (Wildman–Crippen LogP) is 4.35. The van der Waals surface area contributed by atoms with Gasteiger partial charge >= 0.3 is 0 Å². The lowest BCUT2D eigenvalue weighted by Crippen LogP contribution is -2.25. The van der Waals surface area contributed by atoms with Crippen LogP contribution in [0.3, 0.4) is 0 Å². The van der Waals surface area contributed by atoms with Crippen LogP contribution in [0.2, 0.25) is 10.0 Å². The molecule has 1 heterocycles. The first-order valence-electron chi connectivity index (χ1n) is 7.79. The van der Waals surface area contributed by atoms with Crippen molar-refractivity contribution in [3.63, 3.8) is 0 Å². The number of nitrogens with one attached hydrogen (secondary N) is 2. The SMILES string of the molecule is O=C(CCc1ccc(Cl)cc1Cl)Nc1ccc2c(c1F)CCNC2. The van der Waals surface area contributed by atoms with E-state index >= 15 is 0 Å². The van der Waals surface area contributed by atoms with Crippen LogP contribution in [-0.4, -0.2) is 12.5 Å². The van der Waals surface area contributed by atoms with Crippen LogP contribution in [0.25, 0.3) is 0 Å². The van der Waals surface area contributed by atoms with Gasteiger partial charge in [0.05, 0.1) is 5.69 Å². The number of carbonyl (C=O) groups excluding carboxylic acids is 1. The Kier molecular flexibility index (Phi) is 5.39. The largest absolute Gasteiger partial charge is 0.324 e. The first kappa shape index (κ1) is 17.2. The fourth-order valence-corrected chi connectivity index (χ4v) is 3.32. The summed E-state index contributed by atoms with van der Waals surface area (Å²) in [6.07, 6.45) is 1.32. The second-order valence-corrected chi connectivity index (χ2v) is 6.62. The molecule has 0 aromatic heterocycles. The smallest absolute Gasteiger partial charge is 0.224 e. The maximum absolute atomic E-state index is 14.5. The van der Waals surface area contributed by atoms with Gasteiger partial charge in [0.25, 0.3) is 0 Å². The molecular weight excluding hydrogens is 350 g/mol. The van der Waals surface area contributed by atoms with E-state index in [0.717, 1.165) is 17.7 Å². The first-order valence-corrected chi connectivity index (χ1v) is 8.55. The zero-order valence-electron chi connectivity index (χ0n) is 13.0. The summed E-state index contributed by atoms with van der Waals surface area (Å²) in [7, 11) is 0. The Bertz CT molecular complexity index is 780. The van der Waals surface area contributed by atoms with Crippen LogP contribution in [0.1, 0.15) is 23.1 Å². The zero-order chi connectivity index (χ0) is 17.1. The summed E-state index contributed by atoms with van der Waals surface area (Å²) in [5, 5.41) is 6.94. The van der Waals surface area contributed by atoms with Gasteiger partial charge in [-0.1, -0.05) is 35.3 Å². The van der Waals surface area contributed by atoms with Crippen LogP contribution < -0.4 is 10.6 Å². The maximum Gasteiger partial charge on any atom is 0.224 e. The van der Waals surface area contributed by atoms with Crippen molar-refractivity contribution in [3.05, 3.63) is 62.9 Å². The van der Waals surface area contributed by atoms with E-state index in [1.54, 1.807) is 24.3 Å². The average molecular weight is 367 g/mol. The van der Waals surface area contributed by atoms with Crippen molar-refractivity contribution < 1.29 is 9.18 Å². The standard InChI is InChI=1S/C18H17Cl2FN2O/c19-13-4-1-11(15(20)9-13)3-6-17(24)23-16-5-2-12-10-22-8-7-14(12)18(16)21/h1-2,4-5,9,22H,3,6-8,10H2,(H,23,24). The van der Waals surface area contributed by atoms with Crippen LogP contribution in [0.5, 0.6) is 0 Å². The molecule has 1 aliphatic heterocycles. The Morgan fingerprint density at radius 3 is 2.88 bits per heavy atom. The number of hydrogen-bond donors (Lipinski definition) is 2. The molecule has 1 amide bonds. The minimum atomic E-state index is -0.327. The van der Waals surface area contributed by atoms with E-state index in [2.05, 4.69) is 10.6 Å². The predicted molar refractivity (Wildman–Crippen MR) is 95.2 cm³/mol. The minimum Gasteiger partial charge on any atom is -0.324 e. The summed E-state index contributed by atoms with van der Waals surface area (Å²) >= 11 is 11.9. The van der Waals surface area contributed by atoms with Crippen LogP contribution >= 0.6 is 23.2 Å². The van der Waals surface area contributed by atoms with Crippen molar-refractivity contribution in [2.45, 2.75) is 25.8 Å². The van der Waals surface area contributed by atoms with Crippen molar-refractivity contribution in [1.82, 2.24) is 5.32 Å². The van der Waals surface area contributed by atoms with Gasteiger partial charge in [0.1, 0.15) is 5.82 Å². The van der Waals surface area contributed by atoms with E-state index in [-0.39, 0.29) is 23.8 Å². The molecular formula is C18H17Cl2FN2O. The minimum absolute atomic E-state index is 0.222. The third-order valence-electron chi connectivity index (χ3n) is 4.12. The molecule has 3 nitrogen and oxygen atoms in total. The second-order valence-electron chi connectivity index (χ2n) is 5.78. The molecule has 6 heteroatoms. The summed E-state index contributed by atoms with van der Waals surface area (Å²) in [5.74, 6) is -0.569. The molecule has 0 saturated carbocycles. The van der Waals surface area contributed by atoms with Crippen molar-refractivity contribution >= 4 is 34.8 Å². The monoisotopic (exact) mass is 366 g/mol. The van der Waals surface area contributed by atoms with Crippen molar-refractivity contribution in [3.8, 4) is 0 Å². The first-order chi connectivity index (χ1) is 11.5. The van der Waals surface area contributed by atoms with Crippen LogP contribution in [0, 0.1) is 5.82 Å². The van der Waals surface area contributed by atoms with Crippen LogP contribution in [0.15, 0.2) is 30.3 Å². The third kappa shape index (κ3) is 3.89. The van der Waals surface area contributed by atoms with E-state index in [4.69, 9.17) is 23.2 Å². The van der Waals surface area contributed by atoms with Crippen LogP contribution in [-0.2, 0) is 24.2 Å². The normalized spacial score (nSPS) is 13.5. The molecule has 126 valence electrons. The lowest BCUT2D eigenvalue weighted by atomic mass is 9.99. The number of amides is 1. The number of fused-ring (bicyclic) bond motifs is 1. The molecule has 2 aromatic rings. The number of carbonyl (C=O) groups is 1. The van der Waals surface area contributed by atoms with E-state index in [9.17, 15) is 9.18 Å². The molecule has 0 unspecified atom stereocenters. The molecule has 3 rings (SSSR count). The summed E-state index contributed by atoms with van der Waals surface area (Å²) in [4.78, 5) is 12.1. The average Bonchev–Trinajstić information content (AvgIpc) is 2.57. The van der Waals surface area contributed by atoms with E-state index in [1.807, 2.05) is 6.07 Å². The van der Waals surface area contributed by atoms with Gasteiger partial charge in [-0.2, -0.15) is 0 Å². The highest BCUT2D eigenvalue weighted by atomic mass is 35.5. The summed E-state index contributed by atoms with van der Waals surface area (Å²) < 4.78 is 14.5. The molecule has 0 fully saturated rings. The second kappa shape index (κ2) is 7.51. The fraction of sp³-hybridized carbons (Fsp3) is 0.278. The molecule has 0 saturated heterocycles. The Hall–Kier alpha value is -1.62. The van der Waals surface area contributed by atoms with Crippen LogP contribution in [0.4, 0.5) is 10.1 Å². The van der Waals surface area contributed by atoms with Crippen molar-refractivity contribution in [2.75, 3.05) is 11.9 Å². The van der Waals surface area contributed by atoms with Crippen molar-refractivity contribution in [2.24, 2.45) is 0 Å². The molecule has 0 aliphatic carbocycles. The molecule has 0 atom stereocenters. The van der Waals surface area contributed by atoms with Gasteiger partial charge in [-0.25, -0.2) is 4.39 Å². The van der Waals surface area contributed by atoms with Gasteiger partial charge in [-0.3, -0.25) is 4.79 Å². The Morgan fingerprint density at radius 2 is 2.08 bits per heavy atom. The van der Waals surface area contributed by atoms with Gasteiger partial charge in [0.2, 0.25) is 5.91 Å². The Morgan fingerprint density at radius 1 is 1.25 bits per heavy atom. The highest BCUT2D eigenvalue weighted by Crippen LogP contribution is 2.25. The summed E-state index contributed by atoms with van der Waals surface area (Å²) in [6, 6.07) is 8.65. The molecule has 0 radical (unpaired) electrons. The molecule has 0 spiro atoms. The van der Waals surface area contributed by atoms with Gasteiger partial charge < -0.3 is 10.6 Å². The van der Waals surface area contributed by atoms with E-state index < -0.39 is 0 Å². The lowest BCUT2D eigenvalue weighted by Gasteiger charge is -2.19. The van der Waals surface area contributed by atoms with Gasteiger partial charge in [-0.05, 0) is 54.3 Å². The molecule has 1 aliphatic rings. The van der Waals surface area contributed by atoms with Gasteiger partial charge in [0, 0.05) is 23.0 Å². The molecule has 0 bridgehead atoms. The number of hydrogen-bond acceptors (Lipinski definition) is 2. The van der Waals surface area contributed by atoms with E-state index in [1.165, 1.54) is 0 Å². The molecule has 2 N–H and O–H groups in total. The van der Waals surface area contributed by atoms with Gasteiger partial charge in [-0.15, -0.1) is 0 Å². The topological polar surface area (TPSA) is 41.1 Å².